The first-order valence-corrected chi connectivity index (χ1v) is 16.6. The Hall–Kier alpha value is -2.49. The van der Waals surface area contributed by atoms with Gasteiger partial charge in [0.2, 0.25) is 10.0 Å². The van der Waals surface area contributed by atoms with Gasteiger partial charge in [-0.25, -0.2) is 27.7 Å². The molecule has 0 amide bonds. The van der Waals surface area contributed by atoms with Gasteiger partial charge in [0.15, 0.2) is 5.13 Å². The number of thiazole rings is 1. The highest BCUT2D eigenvalue weighted by Gasteiger charge is 2.35. The van der Waals surface area contributed by atoms with Crippen molar-refractivity contribution in [1.82, 2.24) is 19.9 Å². The van der Waals surface area contributed by atoms with E-state index in [1.165, 1.54) is 11.8 Å². The van der Waals surface area contributed by atoms with Gasteiger partial charge >= 0.3 is 5.69 Å². The highest BCUT2D eigenvalue weighted by Crippen LogP contribution is 2.44. The fourth-order valence-corrected chi connectivity index (χ4v) is 8.79. The summed E-state index contributed by atoms with van der Waals surface area (Å²) in [6.45, 7) is 4.93. The van der Waals surface area contributed by atoms with Crippen molar-refractivity contribution >= 4 is 78.5 Å². The second kappa shape index (κ2) is 10.4. The highest BCUT2D eigenvalue weighted by molar-refractivity contribution is 7.99. The van der Waals surface area contributed by atoms with Crippen molar-refractivity contribution in [1.29, 1.82) is 0 Å². The molecule has 0 spiro atoms. The van der Waals surface area contributed by atoms with Gasteiger partial charge in [-0.05, 0) is 37.5 Å². The summed E-state index contributed by atoms with van der Waals surface area (Å²) in [7, 11) is -3.73. The first-order valence-electron chi connectivity index (χ1n) is 12.7. The Morgan fingerprint density at radius 2 is 2.02 bits per heavy atom. The quantitative estimate of drug-likeness (QED) is 0.371. The lowest BCUT2D eigenvalue weighted by molar-refractivity contribution is 0.462. The van der Waals surface area contributed by atoms with E-state index in [4.69, 9.17) is 22.5 Å². The number of halogens is 2. The lowest BCUT2D eigenvalue weighted by atomic mass is 10.1. The second-order valence-corrected chi connectivity index (χ2v) is 14.4. The Balaban J connectivity index is 1.61. The van der Waals surface area contributed by atoms with E-state index in [9.17, 15) is 17.6 Å². The molecule has 3 aliphatic heterocycles. The van der Waals surface area contributed by atoms with Gasteiger partial charge in [-0.3, -0.25) is 4.57 Å². The molecular formula is C25H27ClFN7O3S3. The van der Waals surface area contributed by atoms with Crippen LogP contribution in [0, 0.1) is 0 Å². The van der Waals surface area contributed by atoms with E-state index in [0.717, 1.165) is 30.3 Å². The second-order valence-electron chi connectivity index (χ2n) is 10.2. The molecule has 40 heavy (non-hydrogen) atoms. The SMILES string of the molecule is C=C/C(F)=c1/sc(N)n/c1=C\c1c(Cl)cc2c(N3CC4CCC(C3)N4)nc(=O)n3c2c1SCC3CCS(N)(=O)=O. The number of nitrogens with two attached hydrogens (primary N) is 2. The van der Waals surface area contributed by atoms with E-state index < -0.39 is 27.6 Å². The molecule has 0 saturated carbocycles. The van der Waals surface area contributed by atoms with Crippen LogP contribution in [0.5, 0.6) is 0 Å². The Bertz CT molecular complexity index is 1830. The molecule has 212 valence electrons. The summed E-state index contributed by atoms with van der Waals surface area (Å²) in [5.74, 6) is 0.131. The molecular weight excluding hydrogens is 597 g/mol. The van der Waals surface area contributed by atoms with Gasteiger partial charge in [-0.1, -0.05) is 29.5 Å². The number of primary sulfonamides is 1. The summed E-state index contributed by atoms with van der Waals surface area (Å²) in [6.07, 6.45) is 5.04. The molecule has 3 aliphatic rings. The fourth-order valence-electron chi connectivity index (χ4n) is 5.79. The molecule has 0 radical (unpaired) electrons. The molecule has 15 heteroatoms. The molecule has 5 N–H and O–H groups in total. The fraction of sp³-hybridized carbons (Fsp3) is 0.400. The van der Waals surface area contributed by atoms with Gasteiger partial charge in [0, 0.05) is 57.8 Å². The summed E-state index contributed by atoms with van der Waals surface area (Å²) in [5.41, 5.74) is 6.63. The zero-order chi connectivity index (χ0) is 28.3. The van der Waals surface area contributed by atoms with Crippen LogP contribution in [0.2, 0.25) is 5.02 Å². The average Bonchev–Trinajstić information content (AvgIpc) is 3.45. The van der Waals surface area contributed by atoms with Gasteiger partial charge in [0.1, 0.15) is 11.6 Å². The highest BCUT2D eigenvalue weighted by atomic mass is 35.5. The summed E-state index contributed by atoms with van der Waals surface area (Å²) in [6, 6.07) is 1.96. The molecule has 10 nitrogen and oxygen atoms in total. The number of allylic oxidation sites excluding steroid dienone is 1. The van der Waals surface area contributed by atoms with Crippen LogP contribution < -0.4 is 36.7 Å². The van der Waals surface area contributed by atoms with Gasteiger partial charge < -0.3 is 16.0 Å². The third kappa shape index (κ3) is 5.05. The molecule has 1 aromatic carbocycles. The number of aromatic nitrogens is 3. The molecule has 2 bridgehead atoms. The van der Waals surface area contributed by atoms with E-state index in [-0.39, 0.29) is 21.8 Å². The lowest BCUT2D eigenvalue weighted by Crippen LogP contribution is -2.52. The van der Waals surface area contributed by atoms with E-state index in [1.54, 1.807) is 16.7 Å². The minimum Gasteiger partial charge on any atom is -0.375 e. The average molecular weight is 624 g/mol. The first-order chi connectivity index (χ1) is 19.0. The molecule has 2 saturated heterocycles. The van der Waals surface area contributed by atoms with Gasteiger partial charge in [0.25, 0.3) is 0 Å². The lowest BCUT2D eigenvalue weighted by Gasteiger charge is -2.36. The van der Waals surface area contributed by atoms with Gasteiger partial charge in [0.05, 0.1) is 21.2 Å². The zero-order valence-electron chi connectivity index (χ0n) is 21.3. The van der Waals surface area contributed by atoms with E-state index >= 15 is 0 Å². The number of benzene rings is 1. The maximum absolute atomic E-state index is 14.6. The van der Waals surface area contributed by atoms with E-state index in [1.807, 2.05) is 0 Å². The molecule has 3 aromatic rings. The number of anilines is 2. The van der Waals surface area contributed by atoms with Crippen LogP contribution in [0.4, 0.5) is 15.3 Å². The number of rotatable bonds is 6. The van der Waals surface area contributed by atoms with Crippen LogP contribution in [-0.4, -0.2) is 59.6 Å². The van der Waals surface area contributed by atoms with Crippen LogP contribution in [0.1, 0.15) is 30.9 Å². The van der Waals surface area contributed by atoms with Crippen molar-refractivity contribution in [2.45, 2.75) is 42.3 Å². The molecule has 2 fully saturated rings. The van der Waals surface area contributed by atoms with Crippen LogP contribution in [-0.2, 0) is 10.0 Å². The Kier molecular flexibility index (Phi) is 7.20. The monoisotopic (exact) mass is 623 g/mol. The molecule has 3 atom stereocenters. The summed E-state index contributed by atoms with van der Waals surface area (Å²) >= 11 is 9.36. The molecule has 5 heterocycles. The smallest absolute Gasteiger partial charge is 0.350 e. The number of sulfonamides is 1. The molecule has 2 aromatic heterocycles. The maximum atomic E-state index is 14.6. The molecule has 0 aliphatic carbocycles. The predicted molar refractivity (Wildman–Crippen MR) is 160 cm³/mol. The minimum absolute atomic E-state index is 0.160. The normalized spacial score (nSPS) is 23.6. The molecule has 6 rings (SSSR count). The third-order valence-electron chi connectivity index (χ3n) is 7.52. The number of nitrogens with zero attached hydrogens (tertiary/aromatic N) is 4. The standard InChI is InChI=1S/C25H27ClFN7O3S3/c1-2-18(27)22-19(31-24(28)39-22)8-15-17(26)7-16-20-21(15)38-11-14(5-6-40(29,36)37)34(20)25(35)32-23(16)33-9-12-3-4-13(10-33)30-12/h2,7-8,12-14,30H,1,3-6,9-11H2,(H2,28,31)(H2,29,36,37)/b19-8-,22-18-. The minimum atomic E-state index is -3.73. The number of fused-ring (bicyclic) bond motifs is 2. The third-order valence-corrected chi connectivity index (χ3v) is 10.8. The van der Waals surface area contributed by atoms with Crippen molar-refractivity contribution in [3.8, 4) is 0 Å². The van der Waals surface area contributed by atoms with Crippen molar-refractivity contribution in [2.24, 2.45) is 5.14 Å². The van der Waals surface area contributed by atoms with Crippen LogP contribution in [0.3, 0.4) is 0 Å². The van der Waals surface area contributed by atoms with Crippen LogP contribution in [0.15, 0.2) is 28.4 Å². The first kappa shape index (κ1) is 27.7. The number of piperazine rings is 1. The zero-order valence-corrected chi connectivity index (χ0v) is 24.5. The van der Waals surface area contributed by atoms with E-state index in [2.05, 4.69) is 26.8 Å². The Labute approximate surface area is 242 Å². The van der Waals surface area contributed by atoms with Crippen molar-refractivity contribution in [3.05, 3.63) is 49.7 Å². The number of thioether (sulfide) groups is 1. The number of nitrogens with one attached hydrogen (secondary N) is 1. The number of nitrogen functional groups attached to an aromatic ring is 1. The van der Waals surface area contributed by atoms with Crippen LogP contribution >= 0.6 is 34.7 Å². The predicted octanol–water partition coefficient (Wildman–Crippen LogP) is 1.45. The van der Waals surface area contributed by atoms with Gasteiger partial charge in [-0.2, -0.15) is 4.98 Å². The largest absolute Gasteiger partial charge is 0.375 e. The Morgan fingerprint density at radius 1 is 1.30 bits per heavy atom. The van der Waals surface area contributed by atoms with Crippen LogP contribution in [0.25, 0.3) is 22.8 Å². The molecule has 3 unspecified atom stereocenters. The summed E-state index contributed by atoms with van der Waals surface area (Å²) in [5, 5.41) is 10.5. The van der Waals surface area contributed by atoms with Crippen molar-refractivity contribution in [2.75, 3.05) is 35.2 Å². The van der Waals surface area contributed by atoms with Crippen molar-refractivity contribution < 1.29 is 12.8 Å². The topological polar surface area (TPSA) is 149 Å². The summed E-state index contributed by atoms with van der Waals surface area (Å²) in [4.78, 5) is 25.3. The van der Waals surface area contributed by atoms with Crippen molar-refractivity contribution in [3.63, 3.8) is 0 Å². The number of hydrogen-bond donors (Lipinski definition) is 3. The summed E-state index contributed by atoms with van der Waals surface area (Å²) < 4.78 is 39.9. The van der Waals surface area contributed by atoms with Gasteiger partial charge in [-0.15, -0.1) is 11.8 Å². The van der Waals surface area contributed by atoms with E-state index in [0.29, 0.717) is 68.5 Å². The maximum Gasteiger partial charge on any atom is 0.350 e. The Morgan fingerprint density at radius 3 is 2.70 bits per heavy atom. The number of hydrogen-bond acceptors (Lipinski definition) is 10.